The van der Waals surface area contributed by atoms with Crippen molar-refractivity contribution in [1.29, 1.82) is 0 Å². The molecule has 0 saturated heterocycles. The summed E-state index contributed by atoms with van der Waals surface area (Å²) in [5, 5.41) is 5.05. The van der Waals surface area contributed by atoms with Gasteiger partial charge >= 0.3 is 0 Å². The molecule has 2 heterocycles. The number of halogens is 1. The van der Waals surface area contributed by atoms with Crippen LogP contribution < -0.4 is 10.2 Å². The number of anilines is 2. The van der Waals surface area contributed by atoms with Crippen LogP contribution >= 0.6 is 11.3 Å². The van der Waals surface area contributed by atoms with Crippen LogP contribution in [0.4, 0.5) is 15.2 Å². The third-order valence-electron chi connectivity index (χ3n) is 4.49. The number of thiazole rings is 1. The quantitative estimate of drug-likeness (QED) is 0.743. The average molecular weight is 381 g/mol. The van der Waals surface area contributed by atoms with Gasteiger partial charge in [-0.1, -0.05) is 12.1 Å². The zero-order valence-corrected chi connectivity index (χ0v) is 15.3. The summed E-state index contributed by atoms with van der Waals surface area (Å²) in [7, 11) is 0. The molecule has 2 aromatic carbocycles. The first-order valence-electron chi connectivity index (χ1n) is 8.45. The lowest BCUT2D eigenvalue weighted by atomic mass is 10.1. The summed E-state index contributed by atoms with van der Waals surface area (Å²) in [5.74, 6) is -0.705. The number of hydrogen-bond donors (Lipinski definition) is 1. The normalized spacial score (nSPS) is 12.7. The molecule has 0 aliphatic carbocycles. The van der Waals surface area contributed by atoms with Crippen LogP contribution in [-0.4, -0.2) is 23.3 Å². The Kier molecular flexibility index (Phi) is 4.45. The maximum Gasteiger partial charge on any atom is 0.257 e. The molecule has 0 unspecified atom stereocenters. The highest BCUT2D eigenvalue weighted by molar-refractivity contribution is 7.14. The molecule has 1 aromatic heterocycles. The number of rotatable bonds is 3. The number of nitrogens with zero attached hydrogens (tertiary/aromatic N) is 2. The van der Waals surface area contributed by atoms with Gasteiger partial charge in [-0.2, -0.15) is 0 Å². The number of amides is 2. The molecular formula is C20H16FN3O2S. The minimum atomic E-state index is -0.390. The SMILES string of the molecule is CC(=O)N1CCc2ccc(-c3csc(NC(=O)c4ccc(F)cc4)n3)cc21. The van der Waals surface area contributed by atoms with Crippen LogP contribution in [0.2, 0.25) is 0 Å². The molecule has 7 heteroatoms. The minimum absolute atomic E-state index is 0.0245. The fraction of sp³-hybridized carbons (Fsp3) is 0.150. The number of carbonyl (C=O) groups is 2. The van der Waals surface area contributed by atoms with E-state index in [0.717, 1.165) is 28.9 Å². The van der Waals surface area contributed by atoms with Gasteiger partial charge in [-0.25, -0.2) is 9.37 Å². The van der Waals surface area contributed by atoms with Crippen LogP contribution in [0.15, 0.2) is 47.8 Å². The average Bonchev–Trinajstić information content (AvgIpc) is 3.28. The second kappa shape index (κ2) is 6.92. The van der Waals surface area contributed by atoms with Gasteiger partial charge in [0.1, 0.15) is 5.82 Å². The summed E-state index contributed by atoms with van der Waals surface area (Å²) < 4.78 is 13.0. The van der Waals surface area contributed by atoms with Gasteiger partial charge in [0.25, 0.3) is 5.91 Å². The summed E-state index contributed by atoms with van der Waals surface area (Å²) in [6.07, 6.45) is 0.852. The number of benzene rings is 2. The summed E-state index contributed by atoms with van der Waals surface area (Å²) >= 11 is 1.31. The molecule has 0 spiro atoms. The van der Waals surface area contributed by atoms with E-state index in [2.05, 4.69) is 10.3 Å². The minimum Gasteiger partial charge on any atom is -0.312 e. The Labute approximate surface area is 159 Å². The Bertz CT molecular complexity index is 1030. The van der Waals surface area contributed by atoms with Gasteiger partial charge in [-0.15, -0.1) is 11.3 Å². The largest absolute Gasteiger partial charge is 0.312 e. The highest BCUT2D eigenvalue weighted by atomic mass is 32.1. The molecule has 0 atom stereocenters. The van der Waals surface area contributed by atoms with E-state index < -0.39 is 0 Å². The maximum atomic E-state index is 13.0. The molecule has 2 amide bonds. The first kappa shape index (κ1) is 17.4. The van der Waals surface area contributed by atoms with Crippen molar-refractivity contribution in [2.24, 2.45) is 0 Å². The van der Waals surface area contributed by atoms with Crippen LogP contribution in [0, 0.1) is 5.82 Å². The molecule has 5 nitrogen and oxygen atoms in total. The number of aromatic nitrogens is 1. The number of hydrogen-bond acceptors (Lipinski definition) is 4. The Balaban J connectivity index is 1.55. The molecule has 1 aliphatic heterocycles. The molecular weight excluding hydrogens is 365 g/mol. The van der Waals surface area contributed by atoms with Crippen molar-refractivity contribution in [3.8, 4) is 11.3 Å². The standard InChI is InChI=1S/C20H16FN3O2S/c1-12(25)24-9-8-13-2-3-15(10-18(13)24)17-11-27-20(22-17)23-19(26)14-4-6-16(21)7-5-14/h2-7,10-11H,8-9H2,1H3,(H,22,23,26). The van der Waals surface area contributed by atoms with Crippen LogP contribution in [-0.2, 0) is 11.2 Å². The van der Waals surface area contributed by atoms with Gasteiger partial charge in [0.2, 0.25) is 5.91 Å². The van der Waals surface area contributed by atoms with E-state index in [0.29, 0.717) is 17.2 Å². The summed E-state index contributed by atoms with van der Waals surface area (Å²) in [4.78, 5) is 30.2. The number of carbonyl (C=O) groups excluding carboxylic acids is 2. The van der Waals surface area contributed by atoms with Crippen LogP contribution in [0.1, 0.15) is 22.8 Å². The molecule has 27 heavy (non-hydrogen) atoms. The fourth-order valence-electron chi connectivity index (χ4n) is 3.10. The maximum absolute atomic E-state index is 13.0. The molecule has 0 bridgehead atoms. The van der Waals surface area contributed by atoms with E-state index in [-0.39, 0.29) is 17.6 Å². The highest BCUT2D eigenvalue weighted by Gasteiger charge is 2.23. The van der Waals surface area contributed by atoms with Crippen molar-refractivity contribution >= 4 is 34.0 Å². The first-order valence-corrected chi connectivity index (χ1v) is 9.33. The second-order valence-electron chi connectivity index (χ2n) is 6.26. The zero-order valence-electron chi connectivity index (χ0n) is 14.5. The van der Waals surface area contributed by atoms with Crippen molar-refractivity contribution in [3.05, 3.63) is 64.8 Å². The predicted molar refractivity (Wildman–Crippen MR) is 104 cm³/mol. The van der Waals surface area contributed by atoms with Gasteiger partial charge in [-0.3, -0.25) is 14.9 Å². The van der Waals surface area contributed by atoms with E-state index in [1.165, 1.54) is 35.6 Å². The van der Waals surface area contributed by atoms with Crippen LogP contribution in [0.5, 0.6) is 0 Å². The lowest BCUT2D eigenvalue weighted by molar-refractivity contribution is -0.116. The van der Waals surface area contributed by atoms with Crippen molar-refractivity contribution in [2.75, 3.05) is 16.8 Å². The first-order chi connectivity index (χ1) is 13.0. The Morgan fingerprint density at radius 1 is 1.19 bits per heavy atom. The van der Waals surface area contributed by atoms with Crippen molar-refractivity contribution in [3.63, 3.8) is 0 Å². The summed E-state index contributed by atoms with van der Waals surface area (Å²) in [6.45, 7) is 2.26. The van der Waals surface area contributed by atoms with E-state index >= 15 is 0 Å². The lowest BCUT2D eigenvalue weighted by Crippen LogP contribution is -2.25. The Morgan fingerprint density at radius 2 is 1.96 bits per heavy atom. The number of nitrogens with one attached hydrogen (secondary N) is 1. The van der Waals surface area contributed by atoms with Gasteiger partial charge in [0.15, 0.2) is 5.13 Å². The van der Waals surface area contributed by atoms with Gasteiger partial charge < -0.3 is 4.90 Å². The third-order valence-corrected chi connectivity index (χ3v) is 5.25. The van der Waals surface area contributed by atoms with Crippen molar-refractivity contribution in [2.45, 2.75) is 13.3 Å². The van der Waals surface area contributed by atoms with Gasteiger partial charge in [0.05, 0.1) is 5.69 Å². The van der Waals surface area contributed by atoms with E-state index in [4.69, 9.17) is 0 Å². The Morgan fingerprint density at radius 3 is 2.70 bits per heavy atom. The van der Waals surface area contributed by atoms with Crippen LogP contribution in [0.3, 0.4) is 0 Å². The third kappa shape index (κ3) is 3.46. The monoisotopic (exact) mass is 381 g/mol. The lowest BCUT2D eigenvalue weighted by Gasteiger charge is -2.15. The molecule has 1 N–H and O–H groups in total. The summed E-state index contributed by atoms with van der Waals surface area (Å²) in [5.41, 5.74) is 4.05. The molecule has 4 rings (SSSR count). The predicted octanol–water partition coefficient (Wildman–Crippen LogP) is 4.11. The van der Waals surface area contributed by atoms with E-state index in [1.54, 1.807) is 11.8 Å². The zero-order chi connectivity index (χ0) is 19.0. The molecule has 0 fully saturated rings. The van der Waals surface area contributed by atoms with Crippen molar-refractivity contribution in [1.82, 2.24) is 4.98 Å². The number of fused-ring (bicyclic) bond motifs is 1. The smallest absolute Gasteiger partial charge is 0.257 e. The molecule has 3 aromatic rings. The Hall–Kier alpha value is -3.06. The van der Waals surface area contributed by atoms with Gasteiger partial charge in [-0.05, 0) is 42.3 Å². The second-order valence-corrected chi connectivity index (χ2v) is 7.12. The fourth-order valence-corrected chi connectivity index (χ4v) is 3.81. The molecule has 1 aliphatic rings. The van der Waals surface area contributed by atoms with E-state index in [1.807, 2.05) is 23.6 Å². The van der Waals surface area contributed by atoms with Crippen molar-refractivity contribution < 1.29 is 14.0 Å². The van der Waals surface area contributed by atoms with Gasteiger partial charge in [0, 0.05) is 35.7 Å². The van der Waals surface area contributed by atoms with E-state index in [9.17, 15) is 14.0 Å². The molecule has 0 saturated carbocycles. The summed E-state index contributed by atoms with van der Waals surface area (Å²) in [6, 6.07) is 11.3. The molecule has 136 valence electrons. The topological polar surface area (TPSA) is 62.3 Å². The van der Waals surface area contributed by atoms with Crippen LogP contribution in [0.25, 0.3) is 11.3 Å². The highest BCUT2D eigenvalue weighted by Crippen LogP contribution is 2.34. The molecule has 0 radical (unpaired) electrons.